The van der Waals surface area contributed by atoms with Crippen LogP contribution >= 0.6 is 0 Å². The van der Waals surface area contributed by atoms with E-state index in [0.29, 0.717) is 18.4 Å². The second-order valence-electron chi connectivity index (χ2n) is 8.25. The Morgan fingerprint density at radius 3 is 2.52 bits per heavy atom. The number of aliphatic hydroxyl groups is 1. The lowest BCUT2D eigenvalue weighted by molar-refractivity contribution is -0.121. The predicted octanol–water partition coefficient (Wildman–Crippen LogP) is 2.07. The van der Waals surface area contributed by atoms with Crippen molar-refractivity contribution in [2.45, 2.75) is 64.8 Å². The van der Waals surface area contributed by atoms with Crippen molar-refractivity contribution in [3.05, 3.63) is 0 Å². The van der Waals surface area contributed by atoms with Crippen LogP contribution in [-0.2, 0) is 4.79 Å². The van der Waals surface area contributed by atoms with Gasteiger partial charge in [-0.3, -0.25) is 4.79 Å². The molecule has 0 radical (unpaired) electrons. The van der Waals surface area contributed by atoms with Crippen LogP contribution in [0.25, 0.3) is 0 Å². The van der Waals surface area contributed by atoms with Crippen LogP contribution in [0.3, 0.4) is 0 Å². The van der Waals surface area contributed by atoms with Crippen LogP contribution in [0.1, 0.15) is 59.3 Å². The minimum atomic E-state index is -0.297. The summed E-state index contributed by atoms with van der Waals surface area (Å²) < 4.78 is 0. The Labute approximate surface area is 129 Å². The third-order valence-electron chi connectivity index (χ3n) is 5.20. The van der Waals surface area contributed by atoms with Gasteiger partial charge in [0.2, 0.25) is 5.91 Å². The minimum absolute atomic E-state index is 0.0609. The third kappa shape index (κ3) is 4.68. The zero-order chi connectivity index (χ0) is 15.5. The molecule has 2 aliphatic rings. The molecule has 2 unspecified atom stereocenters. The van der Waals surface area contributed by atoms with Gasteiger partial charge < -0.3 is 15.7 Å². The molecule has 0 spiro atoms. The molecule has 0 heterocycles. The summed E-state index contributed by atoms with van der Waals surface area (Å²) in [5.74, 6) is 1.33. The molecule has 122 valence electrons. The van der Waals surface area contributed by atoms with E-state index >= 15 is 0 Å². The molecule has 2 atom stereocenters. The Bertz CT molecular complexity index is 366. The third-order valence-corrected chi connectivity index (χ3v) is 5.20. The molecule has 0 aromatic carbocycles. The molecule has 1 amide bonds. The van der Waals surface area contributed by atoms with Gasteiger partial charge in [-0.25, -0.2) is 0 Å². The molecule has 2 aliphatic carbocycles. The van der Waals surface area contributed by atoms with Crippen LogP contribution in [0.4, 0.5) is 0 Å². The van der Waals surface area contributed by atoms with Gasteiger partial charge in [-0.15, -0.1) is 0 Å². The molecule has 2 fully saturated rings. The largest absolute Gasteiger partial charge is 0.394 e. The highest BCUT2D eigenvalue weighted by molar-refractivity contribution is 5.78. The van der Waals surface area contributed by atoms with Crippen LogP contribution in [0.15, 0.2) is 0 Å². The first kappa shape index (κ1) is 16.8. The summed E-state index contributed by atoms with van der Waals surface area (Å²) in [6.45, 7) is 7.99. The van der Waals surface area contributed by atoms with E-state index in [9.17, 15) is 9.90 Å². The van der Waals surface area contributed by atoms with Gasteiger partial charge in [0.25, 0.3) is 0 Å². The summed E-state index contributed by atoms with van der Waals surface area (Å²) in [6.07, 6.45) is 6.86. The van der Waals surface area contributed by atoms with Gasteiger partial charge >= 0.3 is 0 Å². The van der Waals surface area contributed by atoms with E-state index in [0.717, 1.165) is 19.4 Å². The fraction of sp³-hybridized carbons (Fsp3) is 0.941. The Morgan fingerprint density at radius 1 is 1.29 bits per heavy atom. The van der Waals surface area contributed by atoms with Crippen molar-refractivity contribution < 1.29 is 9.90 Å². The number of carbonyl (C=O) groups is 1. The number of aliphatic hydroxyl groups excluding tert-OH is 1. The van der Waals surface area contributed by atoms with Crippen molar-refractivity contribution in [2.24, 2.45) is 17.3 Å². The van der Waals surface area contributed by atoms with Gasteiger partial charge in [0.15, 0.2) is 0 Å². The predicted molar refractivity (Wildman–Crippen MR) is 85.0 cm³/mol. The number of amides is 1. The van der Waals surface area contributed by atoms with Crippen LogP contribution in [0.2, 0.25) is 0 Å². The fourth-order valence-corrected chi connectivity index (χ4v) is 4.34. The average molecular weight is 296 g/mol. The number of hydrogen-bond acceptors (Lipinski definition) is 3. The molecule has 2 saturated carbocycles. The van der Waals surface area contributed by atoms with E-state index in [-0.39, 0.29) is 23.5 Å². The van der Waals surface area contributed by atoms with E-state index in [1.807, 2.05) is 0 Å². The van der Waals surface area contributed by atoms with Gasteiger partial charge in [0.1, 0.15) is 0 Å². The van der Waals surface area contributed by atoms with Crippen LogP contribution < -0.4 is 10.6 Å². The molecule has 4 nitrogen and oxygen atoms in total. The Morgan fingerprint density at radius 2 is 2.00 bits per heavy atom. The highest BCUT2D eigenvalue weighted by atomic mass is 16.3. The summed E-state index contributed by atoms with van der Waals surface area (Å²) in [5.41, 5.74) is -0.0786. The average Bonchev–Trinajstić information content (AvgIpc) is 2.32. The summed E-state index contributed by atoms with van der Waals surface area (Å²) in [5, 5.41) is 16.3. The maximum atomic E-state index is 12.0. The molecule has 0 aromatic rings. The minimum Gasteiger partial charge on any atom is -0.394 e. The monoisotopic (exact) mass is 296 g/mol. The molecule has 0 bridgehead atoms. The highest BCUT2D eigenvalue weighted by Crippen LogP contribution is 2.43. The van der Waals surface area contributed by atoms with Gasteiger partial charge in [0, 0.05) is 12.1 Å². The highest BCUT2D eigenvalue weighted by Gasteiger charge is 2.42. The molecule has 21 heavy (non-hydrogen) atoms. The first-order chi connectivity index (χ1) is 9.84. The topological polar surface area (TPSA) is 61.4 Å². The Kier molecular flexibility index (Phi) is 5.31. The first-order valence-electron chi connectivity index (χ1n) is 8.47. The van der Waals surface area contributed by atoms with E-state index in [1.54, 1.807) is 0 Å². The lowest BCUT2D eigenvalue weighted by Crippen LogP contribution is -2.57. The second kappa shape index (κ2) is 6.66. The van der Waals surface area contributed by atoms with E-state index in [1.165, 1.54) is 25.7 Å². The normalized spacial score (nSPS) is 32.5. The zero-order valence-electron chi connectivity index (χ0n) is 13.9. The van der Waals surface area contributed by atoms with Crippen molar-refractivity contribution >= 4 is 5.91 Å². The lowest BCUT2D eigenvalue weighted by Gasteiger charge is -2.47. The molecular formula is C17H32N2O2. The second-order valence-corrected chi connectivity index (χ2v) is 8.25. The summed E-state index contributed by atoms with van der Waals surface area (Å²) in [7, 11) is 0. The van der Waals surface area contributed by atoms with Crippen LogP contribution in [0, 0.1) is 17.3 Å². The summed E-state index contributed by atoms with van der Waals surface area (Å²) in [6, 6.07) is 0. The van der Waals surface area contributed by atoms with Gasteiger partial charge in [-0.2, -0.15) is 0 Å². The Balaban J connectivity index is 1.81. The fourth-order valence-electron chi connectivity index (χ4n) is 4.34. The van der Waals surface area contributed by atoms with Crippen molar-refractivity contribution in [2.75, 3.05) is 19.7 Å². The molecule has 3 N–H and O–H groups in total. The number of carbonyl (C=O) groups excluding carboxylic acids is 1. The maximum absolute atomic E-state index is 12.0. The maximum Gasteiger partial charge on any atom is 0.233 e. The number of hydrogen-bond donors (Lipinski definition) is 3. The first-order valence-corrected chi connectivity index (χ1v) is 8.47. The van der Waals surface area contributed by atoms with Crippen LogP contribution in [-0.4, -0.2) is 36.2 Å². The Hall–Kier alpha value is -0.610. The number of rotatable bonds is 6. The van der Waals surface area contributed by atoms with E-state index in [2.05, 4.69) is 31.4 Å². The smallest absolute Gasteiger partial charge is 0.233 e. The van der Waals surface area contributed by atoms with Crippen LogP contribution in [0.5, 0.6) is 0 Å². The van der Waals surface area contributed by atoms with Gasteiger partial charge in [-0.1, -0.05) is 27.2 Å². The SMILES string of the molecule is CC1CC(C)(C)CC(CO)(NCC(=O)NCC2CCC2)C1. The summed E-state index contributed by atoms with van der Waals surface area (Å²) in [4.78, 5) is 12.0. The molecule has 0 aromatic heterocycles. The molecule has 2 rings (SSSR count). The van der Waals surface area contributed by atoms with Crippen molar-refractivity contribution in [1.29, 1.82) is 0 Å². The molecule has 4 heteroatoms. The number of nitrogens with one attached hydrogen (secondary N) is 2. The van der Waals surface area contributed by atoms with Crippen molar-refractivity contribution in [3.63, 3.8) is 0 Å². The standard InChI is InChI=1S/C17H32N2O2/c1-13-7-16(2,3)11-17(8-13,12-20)19-10-15(21)18-9-14-5-4-6-14/h13-14,19-20H,4-12H2,1-3H3,(H,18,21). The van der Waals surface area contributed by atoms with E-state index < -0.39 is 0 Å². The molecule has 0 saturated heterocycles. The summed E-state index contributed by atoms with van der Waals surface area (Å²) >= 11 is 0. The van der Waals surface area contributed by atoms with Crippen molar-refractivity contribution in [1.82, 2.24) is 10.6 Å². The molecule has 0 aliphatic heterocycles. The lowest BCUT2D eigenvalue weighted by atomic mass is 9.64. The molecular weight excluding hydrogens is 264 g/mol. The zero-order valence-corrected chi connectivity index (χ0v) is 13.9. The van der Waals surface area contributed by atoms with Crippen molar-refractivity contribution in [3.8, 4) is 0 Å². The van der Waals surface area contributed by atoms with Gasteiger partial charge in [0.05, 0.1) is 13.2 Å². The quantitative estimate of drug-likeness (QED) is 0.703. The van der Waals surface area contributed by atoms with Gasteiger partial charge in [-0.05, 0) is 49.4 Å². The van der Waals surface area contributed by atoms with E-state index in [4.69, 9.17) is 0 Å².